The molecule has 3 aromatic heterocycles. The zero-order chi connectivity index (χ0) is 20.2. The van der Waals surface area contributed by atoms with Crippen LogP contribution in [0.5, 0.6) is 0 Å². The highest BCUT2D eigenvalue weighted by Crippen LogP contribution is 2.22. The van der Waals surface area contributed by atoms with Crippen LogP contribution in [-0.2, 0) is 23.1 Å². The molecule has 144 valence electrons. The third-order valence-corrected chi connectivity index (χ3v) is 4.63. The fourth-order valence-corrected chi connectivity index (χ4v) is 3.27. The number of halogens is 1. The molecule has 0 radical (unpaired) electrons. The monoisotopic (exact) mass is 385 g/mol. The third kappa shape index (κ3) is 2.38. The summed E-state index contributed by atoms with van der Waals surface area (Å²) in [4.78, 5) is 41.5. The van der Waals surface area contributed by atoms with Gasteiger partial charge >= 0.3 is 11.7 Å². The van der Waals surface area contributed by atoms with Crippen molar-refractivity contribution in [3.05, 3.63) is 62.8 Å². The maximum atomic E-state index is 14.4. The molecule has 0 aliphatic carbocycles. The Labute approximate surface area is 156 Å². The SMILES string of the molecule is COC(=O)Cn1c(=O)c2c(nc3n(-c4ccccc4F)c(C)cn23)n(C)c1=O. The lowest BCUT2D eigenvalue weighted by Gasteiger charge is -2.07. The normalized spacial score (nSPS) is 11.4. The summed E-state index contributed by atoms with van der Waals surface area (Å²) in [6.45, 7) is 1.24. The standard InChI is InChI=1S/C18H16FN5O4/c1-10-8-22-14-15(20-17(22)24(10)12-7-5-4-6-11(12)19)21(2)18(27)23(16(14)26)9-13(25)28-3/h4-8H,9H2,1-3H3. The molecule has 0 saturated heterocycles. The van der Waals surface area contributed by atoms with Crippen LogP contribution in [0.15, 0.2) is 40.1 Å². The zero-order valence-electron chi connectivity index (χ0n) is 15.3. The first-order chi connectivity index (χ1) is 13.3. The second-order valence-corrected chi connectivity index (χ2v) is 6.32. The zero-order valence-corrected chi connectivity index (χ0v) is 15.3. The summed E-state index contributed by atoms with van der Waals surface area (Å²) >= 11 is 0. The van der Waals surface area contributed by atoms with Crippen molar-refractivity contribution >= 4 is 22.9 Å². The van der Waals surface area contributed by atoms with Gasteiger partial charge in [-0.15, -0.1) is 0 Å². The molecule has 0 saturated carbocycles. The van der Waals surface area contributed by atoms with Gasteiger partial charge in [0.1, 0.15) is 12.4 Å². The number of aryl methyl sites for hydroxylation is 2. The minimum Gasteiger partial charge on any atom is -0.468 e. The average Bonchev–Trinajstić information content (AvgIpc) is 3.18. The number of benzene rings is 1. The predicted octanol–water partition coefficient (Wildman–Crippen LogP) is 0.759. The summed E-state index contributed by atoms with van der Waals surface area (Å²) in [5, 5.41) is 0. The van der Waals surface area contributed by atoms with Gasteiger partial charge in [0.2, 0.25) is 5.78 Å². The number of hydrogen-bond acceptors (Lipinski definition) is 5. The van der Waals surface area contributed by atoms with E-state index in [1.165, 1.54) is 29.2 Å². The first-order valence-electron chi connectivity index (χ1n) is 8.36. The fourth-order valence-electron chi connectivity index (χ4n) is 3.27. The smallest absolute Gasteiger partial charge is 0.333 e. The maximum Gasteiger partial charge on any atom is 0.333 e. The van der Waals surface area contributed by atoms with Crippen LogP contribution < -0.4 is 11.2 Å². The molecule has 4 aromatic rings. The van der Waals surface area contributed by atoms with Gasteiger partial charge in [0.25, 0.3) is 5.56 Å². The summed E-state index contributed by atoms with van der Waals surface area (Å²) in [5.41, 5.74) is -0.220. The van der Waals surface area contributed by atoms with Crippen LogP contribution in [0.1, 0.15) is 5.69 Å². The molecule has 10 heteroatoms. The van der Waals surface area contributed by atoms with Crippen molar-refractivity contribution in [3.63, 3.8) is 0 Å². The van der Waals surface area contributed by atoms with Crippen molar-refractivity contribution < 1.29 is 13.9 Å². The summed E-state index contributed by atoms with van der Waals surface area (Å²) < 4.78 is 23.9. The summed E-state index contributed by atoms with van der Waals surface area (Å²) in [5.74, 6) is -0.896. The Morgan fingerprint density at radius 2 is 1.96 bits per heavy atom. The van der Waals surface area contributed by atoms with Crippen molar-refractivity contribution in [2.24, 2.45) is 7.05 Å². The quantitative estimate of drug-likeness (QED) is 0.486. The Kier molecular flexibility index (Phi) is 3.91. The Bertz CT molecular complexity index is 1370. The Morgan fingerprint density at radius 1 is 1.25 bits per heavy atom. The summed E-state index contributed by atoms with van der Waals surface area (Å²) in [6.07, 6.45) is 1.63. The molecular weight excluding hydrogens is 369 g/mol. The number of ether oxygens (including phenoxy) is 1. The van der Waals surface area contributed by atoms with E-state index in [0.717, 1.165) is 4.57 Å². The van der Waals surface area contributed by atoms with Crippen LogP contribution in [-0.4, -0.2) is 36.2 Å². The lowest BCUT2D eigenvalue weighted by atomic mass is 10.3. The molecule has 4 rings (SSSR count). The number of rotatable bonds is 3. The van der Waals surface area contributed by atoms with Gasteiger partial charge in [0.05, 0.1) is 12.8 Å². The molecule has 0 bridgehead atoms. The minimum absolute atomic E-state index is 0.110. The second kappa shape index (κ2) is 6.19. The molecule has 0 spiro atoms. The topological polar surface area (TPSA) is 92.5 Å². The van der Waals surface area contributed by atoms with Gasteiger partial charge in [-0.2, -0.15) is 4.98 Å². The summed E-state index contributed by atoms with van der Waals surface area (Å²) in [6, 6.07) is 6.19. The minimum atomic E-state index is -0.723. The van der Waals surface area contributed by atoms with E-state index in [0.29, 0.717) is 5.69 Å². The molecule has 0 unspecified atom stereocenters. The molecule has 0 atom stereocenters. The number of esters is 1. The van der Waals surface area contributed by atoms with Gasteiger partial charge in [-0.1, -0.05) is 12.1 Å². The average molecular weight is 385 g/mol. The lowest BCUT2D eigenvalue weighted by Crippen LogP contribution is -2.41. The van der Waals surface area contributed by atoms with E-state index in [2.05, 4.69) is 9.72 Å². The molecule has 28 heavy (non-hydrogen) atoms. The maximum absolute atomic E-state index is 14.4. The third-order valence-electron chi connectivity index (χ3n) is 4.63. The molecule has 3 heterocycles. The van der Waals surface area contributed by atoms with Crippen molar-refractivity contribution in [2.45, 2.75) is 13.5 Å². The molecular formula is C18H16FN5O4. The summed E-state index contributed by atoms with van der Waals surface area (Å²) in [7, 11) is 2.62. The first-order valence-corrected chi connectivity index (χ1v) is 8.36. The Hall–Kier alpha value is -3.69. The van der Waals surface area contributed by atoms with E-state index in [-0.39, 0.29) is 22.6 Å². The number of hydrogen-bond donors (Lipinski definition) is 0. The van der Waals surface area contributed by atoms with Crippen LogP contribution in [0, 0.1) is 12.7 Å². The van der Waals surface area contributed by atoms with E-state index in [1.54, 1.807) is 35.9 Å². The van der Waals surface area contributed by atoms with Gasteiger partial charge in [-0.25, -0.2) is 13.8 Å². The van der Waals surface area contributed by atoms with Crippen LogP contribution in [0.25, 0.3) is 22.6 Å². The Balaban J connectivity index is 2.11. The van der Waals surface area contributed by atoms with Crippen molar-refractivity contribution in [3.8, 4) is 5.69 Å². The molecule has 0 aliphatic rings. The highest BCUT2D eigenvalue weighted by atomic mass is 19.1. The predicted molar refractivity (Wildman–Crippen MR) is 98.2 cm³/mol. The molecule has 9 nitrogen and oxygen atoms in total. The van der Waals surface area contributed by atoms with Crippen LogP contribution in [0.4, 0.5) is 4.39 Å². The van der Waals surface area contributed by atoms with Crippen molar-refractivity contribution in [1.82, 2.24) is 23.1 Å². The molecule has 0 aliphatic heterocycles. The second-order valence-electron chi connectivity index (χ2n) is 6.32. The van der Waals surface area contributed by atoms with Crippen LogP contribution >= 0.6 is 0 Å². The molecule has 1 aromatic carbocycles. The molecule has 0 amide bonds. The number of para-hydroxylation sites is 1. The molecule has 0 fully saturated rings. The van der Waals surface area contributed by atoms with E-state index in [4.69, 9.17) is 0 Å². The largest absolute Gasteiger partial charge is 0.468 e. The van der Waals surface area contributed by atoms with Gasteiger partial charge in [-0.3, -0.25) is 23.1 Å². The van der Waals surface area contributed by atoms with Crippen molar-refractivity contribution in [1.29, 1.82) is 0 Å². The highest BCUT2D eigenvalue weighted by Gasteiger charge is 2.22. The lowest BCUT2D eigenvalue weighted by molar-refractivity contribution is -0.141. The Morgan fingerprint density at radius 3 is 2.64 bits per heavy atom. The highest BCUT2D eigenvalue weighted by molar-refractivity contribution is 5.77. The first kappa shape index (κ1) is 17.7. The van der Waals surface area contributed by atoms with Crippen LogP contribution in [0.2, 0.25) is 0 Å². The van der Waals surface area contributed by atoms with Gasteiger partial charge < -0.3 is 4.74 Å². The number of methoxy groups -OCH3 is 1. The number of carbonyl (C=O) groups is 1. The molecule has 0 N–H and O–H groups in total. The number of nitrogens with zero attached hydrogens (tertiary/aromatic N) is 5. The van der Waals surface area contributed by atoms with E-state index in [9.17, 15) is 18.8 Å². The van der Waals surface area contributed by atoms with Crippen LogP contribution in [0.3, 0.4) is 0 Å². The van der Waals surface area contributed by atoms with Gasteiger partial charge in [-0.05, 0) is 19.1 Å². The van der Waals surface area contributed by atoms with Gasteiger partial charge in [0, 0.05) is 18.9 Å². The van der Waals surface area contributed by atoms with E-state index < -0.39 is 29.6 Å². The van der Waals surface area contributed by atoms with E-state index >= 15 is 0 Å². The fraction of sp³-hybridized carbons (Fsp3) is 0.222. The number of aromatic nitrogens is 5. The van der Waals surface area contributed by atoms with Crippen molar-refractivity contribution in [2.75, 3.05) is 7.11 Å². The number of imidazole rings is 2. The number of fused-ring (bicyclic) bond motifs is 3. The number of carbonyl (C=O) groups excluding carboxylic acids is 1. The van der Waals surface area contributed by atoms with Gasteiger partial charge in [0.15, 0.2) is 11.2 Å². The van der Waals surface area contributed by atoms with E-state index in [1.807, 2.05) is 0 Å².